The van der Waals surface area contributed by atoms with Gasteiger partial charge in [-0.05, 0) is 55.8 Å². The molecule has 0 aromatic carbocycles. The molecule has 4 heteroatoms. The second-order valence-corrected chi connectivity index (χ2v) is 5.78. The maximum atomic E-state index is 6.00. The molecular weight excluding hydrogens is 252 g/mol. The van der Waals surface area contributed by atoms with E-state index in [1.54, 1.807) is 0 Å². The second-order valence-electron chi connectivity index (χ2n) is 5.78. The van der Waals surface area contributed by atoms with Crippen molar-refractivity contribution in [1.29, 1.82) is 0 Å². The number of ether oxygens (including phenoxy) is 2. The Balaban J connectivity index is 1.57. The highest BCUT2D eigenvalue weighted by Gasteiger charge is 2.27. The van der Waals surface area contributed by atoms with Crippen molar-refractivity contribution in [2.75, 3.05) is 26.4 Å². The maximum absolute atomic E-state index is 6.00. The second kappa shape index (κ2) is 7.16. The summed E-state index contributed by atoms with van der Waals surface area (Å²) in [6.07, 6.45) is 8.57. The number of nitrogens with zero attached hydrogens (tertiary/aromatic N) is 1. The summed E-state index contributed by atoms with van der Waals surface area (Å²) in [6.45, 7) is 3.78. The Labute approximate surface area is 120 Å². The molecule has 2 aliphatic rings. The van der Waals surface area contributed by atoms with Gasteiger partial charge >= 0.3 is 0 Å². The Morgan fingerprint density at radius 1 is 1.10 bits per heavy atom. The molecule has 110 valence electrons. The standard InChI is InChI=1S/C16H24N2O2/c1-2-15(18-12-13-5-10-19-11-6-13)16(20-9-1)14-3-7-17-8-4-14/h3-4,7-8,13,15-16,18H,1-2,5-6,9-12H2/t15-,16+/m0/s1. The molecule has 1 N–H and O–H groups in total. The van der Waals surface area contributed by atoms with Gasteiger partial charge in [0.2, 0.25) is 0 Å². The van der Waals surface area contributed by atoms with Gasteiger partial charge in [-0.3, -0.25) is 4.98 Å². The van der Waals surface area contributed by atoms with E-state index in [0.29, 0.717) is 6.04 Å². The van der Waals surface area contributed by atoms with Crippen LogP contribution >= 0.6 is 0 Å². The van der Waals surface area contributed by atoms with Crippen molar-refractivity contribution in [3.8, 4) is 0 Å². The van der Waals surface area contributed by atoms with Crippen LogP contribution in [0.3, 0.4) is 0 Å². The smallest absolute Gasteiger partial charge is 0.0978 e. The molecule has 0 saturated carbocycles. The number of rotatable bonds is 4. The third-order valence-electron chi connectivity index (χ3n) is 4.37. The Morgan fingerprint density at radius 3 is 2.70 bits per heavy atom. The zero-order valence-corrected chi connectivity index (χ0v) is 12.0. The van der Waals surface area contributed by atoms with Gasteiger partial charge in [0.15, 0.2) is 0 Å². The molecular formula is C16H24N2O2. The van der Waals surface area contributed by atoms with E-state index in [1.807, 2.05) is 12.4 Å². The molecule has 2 fully saturated rings. The third kappa shape index (κ3) is 3.57. The summed E-state index contributed by atoms with van der Waals surface area (Å²) in [6, 6.07) is 4.56. The van der Waals surface area contributed by atoms with Gasteiger partial charge in [0.25, 0.3) is 0 Å². The fourth-order valence-corrected chi connectivity index (χ4v) is 3.14. The van der Waals surface area contributed by atoms with Gasteiger partial charge in [0.1, 0.15) is 0 Å². The van der Waals surface area contributed by atoms with Crippen molar-refractivity contribution in [1.82, 2.24) is 10.3 Å². The lowest BCUT2D eigenvalue weighted by molar-refractivity contribution is -0.0137. The molecule has 0 radical (unpaired) electrons. The SMILES string of the molecule is c1cc([C@H]2OCCC[C@@H]2NCC2CCOCC2)ccn1. The first-order valence-corrected chi connectivity index (χ1v) is 7.76. The molecule has 4 nitrogen and oxygen atoms in total. The lowest BCUT2D eigenvalue weighted by atomic mass is 9.94. The zero-order valence-electron chi connectivity index (χ0n) is 12.0. The van der Waals surface area contributed by atoms with Gasteiger partial charge in [-0.2, -0.15) is 0 Å². The predicted octanol–water partition coefficient (Wildman–Crippen LogP) is 2.32. The summed E-state index contributed by atoms with van der Waals surface area (Å²) >= 11 is 0. The zero-order chi connectivity index (χ0) is 13.6. The van der Waals surface area contributed by atoms with E-state index >= 15 is 0 Å². The number of pyridine rings is 1. The van der Waals surface area contributed by atoms with Gasteiger partial charge in [-0.25, -0.2) is 0 Å². The van der Waals surface area contributed by atoms with Crippen molar-refractivity contribution < 1.29 is 9.47 Å². The number of nitrogens with one attached hydrogen (secondary N) is 1. The monoisotopic (exact) mass is 276 g/mol. The molecule has 20 heavy (non-hydrogen) atoms. The van der Waals surface area contributed by atoms with Gasteiger partial charge < -0.3 is 14.8 Å². The minimum atomic E-state index is 0.173. The Bertz CT molecular complexity index is 393. The molecule has 2 atom stereocenters. The molecule has 2 saturated heterocycles. The lowest BCUT2D eigenvalue weighted by Crippen LogP contribution is -2.42. The van der Waals surface area contributed by atoms with E-state index in [9.17, 15) is 0 Å². The maximum Gasteiger partial charge on any atom is 0.0978 e. The summed E-state index contributed by atoms with van der Waals surface area (Å²) in [5, 5.41) is 3.74. The topological polar surface area (TPSA) is 43.4 Å². The van der Waals surface area contributed by atoms with Crippen LogP contribution in [0, 0.1) is 5.92 Å². The summed E-state index contributed by atoms with van der Waals surface area (Å²) < 4.78 is 11.4. The third-order valence-corrected chi connectivity index (χ3v) is 4.37. The van der Waals surface area contributed by atoms with Crippen LogP contribution in [-0.2, 0) is 9.47 Å². The first-order valence-electron chi connectivity index (χ1n) is 7.76. The van der Waals surface area contributed by atoms with E-state index in [0.717, 1.165) is 38.7 Å². The van der Waals surface area contributed by atoms with Crippen LogP contribution in [0.25, 0.3) is 0 Å². The van der Waals surface area contributed by atoms with E-state index in [4.69, 9.17) is 9.47 Å². The molecule has 0 amide bonds. The fraction of sp³-hybridized carbons (Fsp3) is 0.688. The fourth-order valence-electron chi connectivity index (χ4n) is 3.14. The van der Waals surface area contributed by atoms with Crippen LogP contribution in [0.5, 0.6) is 0 Å². The summed E-state index contributed by atoms with van der Waals surface area (Å²) in [5.41, 5.74) is 1.24. The van der Waals surface area contributed by atoms with E-state index in [-0.39, 0.29) is 6.10 Å². The van der Waals surface area contributed by atoms with Crippen molar-refractivity contribution in [2.45, 2.75) is 37.8 Å². The number of aromatic nitrogens is 1. The summed E-state index contributed by atoms with van der Waals surface area (Å²) in [5.74, 6) is 0.753. The lowest BCUT2D eigenvalue weighted by Gasteiger charge is -2.34. The molecule has 1 aromatic heterocycles. The molecule has 0 bridgehead atoms. The van der Waals surface area contributed by atoms with Gasteiger partial charge in [-0.15, -0.1) is 0 Å². The molecule has 1 aromatic rings. The van der Waals surface area contributed by atoms with E-state index < -0.39 is 0 Å². The average molecular weight is 276 g/mol. The summed E-state index contributed by atoms with van der Waals surface area (Å²) in [4.78, 5) is 4.09. The first kappa shape index (κ1) is 14.0. The Hall–Kier alpha value is -0.970. The van der Waals surface area contributed by atoms with E-state index in [1.165, 1.54) is 24.8 Å². The highest BCUT2D eigenvalue weighted by molar-refractivity contribution is 5.16. The number of hydrogen-bond acceptors (Lipinski definition) is 4. The summed E-state index contributed by atoms with van der Waals surface area (Å²) in [7, 11) is 0. The van der Waals surface area contributed by atoms with Crippen molar-refractivity contribution in [3.05, 3.63) is 30.1 Å². The van der Waals surface area contributed by atoms with Crippen LogP contribution in [0.2, 0.25) is 0 Å². The van der Waals surface area contributed by atoms with Crippen molar-refractivity contribution in [3.63, 3.8) is 0 Å². The molecule has 0 spiro atoms. The largest absolute Gasteiger partial charge is 0.381 e. The Kier molecular flexibility index (Phi) is 5.01. The van der Waals surface area contributed by atoms with Crippen LogP contribution in [0.4, 0.5) is 0 Å². The van der Waals surface area contributed by atoms with Gasteiger partial charge in [0.05, 0.1) is 6.10 Å². The Morgan fingerprint density at radius 2 is 1.90 bits per heavy atom. The minimum Gasteiger partial charge on any atom is -0.381 e. The normalized spacial score (nSPS) is 28.4. The van der Waals surface area contributed by atoms with Crippen LogP contribution in [-0.4, -0.2) is 37.4 Å². The van der Waals surface area contributed by atoms with E-state index in [2.05, 4.69) is 22.4 Å². The molecule has 0 unspecified atom stereocenters. The highest BCUT2D eigenvalue weighted by atomic mass is 16.5. The van der Waals surface area contributed by atoms with Crippen molar-refractivity contribution in [2.24, 2.45) is 5.92 Å². The quantitative estimate of drug-likeness (QED) is 0.916. The molecule has 2 aliphatic heterocycles. The van der Waals surface area contributed by atoms with Crippen LogP contribution < -0.4 is 5.32 Å². The molecule has 3 heterocycles. The number of hydrogen-bond donors (Lipinski definition) is 1. The average Bonchev–Trinajstić information content (AvgIpc) is 2.55. The molecule has 0 aliphatic carbocycles. The predicted molar refractivity (Wildman–Crippen MR) is 77.5 cm³/mol. The van der Waals surface area contributed by atoms with Crippen LogP contribution in [0.1, 0.15) is 37.4 Å². The minimum absolute atomic E-state index is 0.173. The van der Waals surface area contributed by atoms with Gasteiger partial charge in [-0.1, -0.05) is 0 Å². The first-order chi connectivity index (χ1) is 9.93. The molecule has 3 rings (SSSR count). The van der Waals surface area contributed by atoms with Gasteiger partial charge in [0, 0.05) is 38.3 Å². The van der Waals surface area contributed by atoms with Crippen molar-refractivity contribution >= 4 is 0 Å². The van der Waals surface area contributed by atoms with Crippen LogP contribution in [0.15, 0.2) is 24.5 Å². The highest BCUT2D eigenvalue weighted by Crippen LogP contribution is 2.28.